The van der Waals surface area contributed by atoms with Gasteiger partial charge in [0.25, 0.3) is 0 Å². The third-order valence-electron chi connectivity index (χ3n) is 2.87. The van der Waals surface area contributed by atoms with Crippen molar-refractivity contribution in [2.75, 3.05) is 20.3 Å². The minimum atomic E-state index is -0.838. The van der Waals surface area contributed by atoms with Crippen molar-refractivity contribution >= 4 is 14.7 Å². The summed E-state index contributed by atoms with van der Waals surface area (Å²) in [6, 6.07) is 8.17. The van der Waals surface area contributed by atoms with Gasteiger partial charge in [0, 0.05) is 6.16 Å². The Morgan fingerprint density at radius 2 is 1.35 bits per heavy atom. The molecular weight excluding hydrogens is 345 g/mol. The molecular formula is C21H42NO3P. The molecule has 0 spiro atoms. The van der Waals surface area contributed by atoms with Gasteiger partial charge in [-0.25, -0.2) is 0 Å². The van der Waals surface area contributed by atoms with Gasteiger partial charge in [0.05, 0.1) is 19.3 Å². The van der Waals surface area contributed by atoms with Crippen LogP contribution in [0.3, 0.4) is 0 Å². The second kappa shape index (κ2) is 24.2. The van der Waals surface area contributed by atoms with E-state index in [9.17, 15) is 4.79 Å². The van der Waals surface area contributed by atoms with Crippen LogP contribution in [0.1, 0.15) is 66.5 Å². The van der Waals surface area contributed by atoms with Crippen LogP contribution in [0, 0.1) is 0 Å². The molecule has 1 aromatic carbocycles. The molecule has 154 valence electrons. The Balaban J connectivity index is -0.000000795. The number of carbonyl (C=O) groups excluding carboxylic acids is 1. The van der Waals surface area contributed by atoms with E-state index in [2.05, 4.69) is 29.6 Å². The van der Waals surface area contributed by atoms with Crippen LogP contribution in [-0.2, 0) is 26.4 Å². The van der Waals surface area contributed by atoms with Crippen molar-refractivity contribution < 1.29 is 13.8 Å². The lowest BCUT2D eigenvalue weighted by atomic mass is 10.1. The van der Waals surface area contributed by atoms with E-state index in [4.69, 9.17) is 9.05 Å². The van der Waals surface area contributed by atoms with E-state index in [-0.39, 0.29) is 6.04 Å². The number of likely N-dealkylation sites (N-methyl/N-ethyl adjacent to an activating group) is 1. The van der Waals surface area contributed by atoms with Crippen molar-refractivity contribution in [3.63, 3.8) is 0 Å². The molecule has 0 aliphatic heterocycles. The molecule has 0 amide bonds. The van der Waals surface area contributed by atoms with E-state index in [0.29, 0.717) is 19.6 Å². The predicted octanol–water partition coefficient (Wildman–Crippen LogP) is 5.98. The molecule has 0 aliphatic rings. The van der Waals surface area contributed by atoms with Gasteiger partial charge in [0.1, 0.15) is 6.29 Å². The van der Waals surface area contributed by atoms with E-state index in [0.717, 1.165) is 18.0 Å². The van der Waals surface area contributed by atoms with E-state index < -0.39 is 8.38 Å². The summed E-state index contributed by atoms with van der Waals surface area (Å²) >= 11 is 0. The summed E-state index contributed by atoms with van der Waals surface area (Å²) in [6.45, 7) is 17.3. The number of rotatable bonds is 10. The monoisotopic (exact) mass is 387 g/mol. The lowest BCUT2D eigenvalue weighted by Gasteiger charge is -2.16. The summed E-state index contributed by atoms with van der Waals surface area (Å²) in [5.41, 5.74) is 2.35. The van der Waals surface area contributed by atoms with Gasteiger partial charge < -0.3 is 19.2 Å². The summed E-state index contributed by atoms with van der Waals surface area (Å²) in [7, 11) is 0.958. The predicted molar refractivity (Wildman–Crippen MR) is 117 cm³/mol. The molecule has 0 fully saturated rings. The van der Waals surface area contributed by atoms with Gasteiger partial charge in [-0.3, -0.25) is 0 Å². The molecule has 26 heavy (non-hydrogen) atoms. The van der Waals surface area contributed by atoms with Gasteiger partial charge in [-0.15, -0.1) is 0 Å². The Bertz CT molecular complexity index is 379. The maximum Gasteiger partial charge on any atom is 0.175 e. The van der Waals surface area contributed by atoms with E-state index in [1.807, 2.05) is 55.4 Å². The van der Waals surface area contributed by atoms with Crippen molar-refractivity contribution in [2.45, 2.75) is 74.0 Å². The second-order valence-corrected chi connectivity index (χ2v) is 5.88. The molecule has 4 nitrogen and oxygen atoms in total. The van der Waals surface area contributed by atoms with Crippen molar-refractivity contribution in [2.24, 2.45) is 0 Å². The zero-order valence-electron chi connectivity index (χ0n) is 18.5. The first kappa shape index (κ1) is 29.9. The Kier molecular flexibility index (Phi) is 27.9. The normalized spacial score (nSPS) is 10.4. The number of benzene rings is 1. The number of hydrogen-bond acceptors (Lipinski definition) is 4. The maximum atomic E-state index is 10.8. The van der Waals surface area contributed by atoms with Crippen LogP contribution in [0.15, 0.2) is 24.3 Å². The number of aldehydes is 1. The lowest BCUT2D eigenvalue weighted by molar-refractivity contribution is -0.109. The van der Waals surface area contributed by atoms with Crippen LogP contribution >= 0.6 is 8.38 Å². The molecule has 0 unspecified atom stereocenters. The van der Waals surface area contributed by atoms with Crippen LogP contribution < -0.4 is 5.32 Å². The average Bonchev–Trinajstić information content (AvgIpc) is 2.72. The van der Waals surface area contributed by atoms with Gasteiger partial charge in [-0.05, 0) is 38.4 Å². The van der Waals surface area contributed by atoms with Crippen LogP contribution in [-0.4, -0.2) is 32.6 Å². The van der Waals surface area contributed by atoms with Crippen LogP contribution in [0.25, 0.3) is 0 Å². The molecule has 0 aliphatic carbocycles. The minimum Gasteiger partial charge on any atom is -0.334 e. The molecule has 0 saturated carbocycles. The largest absolute Gasteiger partial charge is 0.334 e. The highest BCUT2D eigenvalue weighted by Gasteiger charge is 2.11. The molecule has 1 atom stereocenters. The Labute approximate surface area is 164 Å². The molecule has 0 heterocycles. The molecule has 0 radical (unpaired) electrons. The summed E-state index contributed by atoms with van der Waals surface area (Å²) < 4.78 is 11.2. The fourth-order valence-electron chi connectivity index (χ4n) is 1.82. The van der Waals surface area contributed by atoms with Crippen LogP contribution in [0.5, 0.6) is 0 Å². The summed E-state index contributed by atoms with van der Waals surface area (Å²) in [5.74, 6) is 0. The highest BCUT2D eigenvalue weighted by atomic mass is 31.2. The Morgan fingerprint density at radius 1 is 0.923 bits per heavy atom. The molecule has 1 rings (SSSR count). The van der Waals surface area contributed by atoms with Crippen molar-refractivity contribution in [3.8, 4) is 0 Å². The molecule has 5 heteroatoms. The third kappa shape index (κ3) is 15.5. The zero-order chi connectivity index (χ0) is 20.8. The van der Waals surface area contributed by atoms with Gasteiger partial charge in [-0.2, -0.15) is 0 Å². The van der Waals surface area contributed by atoms with E-state index in [1.165, 1.54) is 5.56 Å². The van der Waals surface area contributed by atoms with Gasteiger partial charge in [0.2, 0.25) is 0 Å². The smallest absolute Gasteiger partial charge is 0.175 e. The maximum absolute atomic E-state index is 10.8. The number of carbonyl (C=O) groups is 1. The summed E-state index contributed by atoms with van der Waals surface area (Å²) in [5, 5.41) is 2.98. The highest BCUT2D eigenvalue weighted by molar-refractivity contribution is 7.46. The van der Waals surface area contributed by atoms with Crippen molar-refractivity contribution in [1.29, 1.82) is 0 Å². The minimum absolute atomic E-state index is 0.121. The first-order chi connectivity index (χ1) is 12.7. The topological polar surface area (TPSA) is 47.6 Å². The first-order valence-electron chi connectivity index (χ1n) is 9.97. The standard InChI is InChI=1S/C15H24NO3P.3C2H6/c1-4-18-20(19-5-2)12-14-8-6-13(7-9-14)10-15(11-17)16-3;3*1-2/h6-9,11,15-16H,4-5,10,12H2,1-3H3;3*1-2H3/t15-;;;/m0.../s1. The molecule has 1 aromatic rings. The lowest BCUT2D eigenvalue weighted by Crippen LogP contribution is -2.28. The van der Waals surface area contributed by atoms with E-state index >= 15 is 0 Å². The highest BCUT2D eigenvalue weighted by Crippen LogP contribution is 2.41. The van der Waals surface area contributed by atoms with Gasteiger partial charge in [0.15, 0.2) is 8.38 Å². The van der Waals surface area contributed by atoms with Gasteiger partial charge >= 0.3 is 0 Å². The fourth-order valence-corrected chi connectivity index (χ4v) is 3.16. The fraction of sp³-hybridized carbons (Fsp3) is 0.667. The number of nitrogens with one attached hydrogen (secondary N) is 1. The van der Waals surface area contributed by atoms with Crippen LogP contribution in [0.2, 0.25) is 0 Å². The number of hydrogen-bond donors (Lipinski definition) is 1. The molecule has 0 saturated heterocycles. The average molecular weight is 388 g/mol. The zero-order valence-corrected chi connectivity index (χ0v) is 19.4. The SMILES string of the molecule is CC.CC.CC.CCOP(Cc1ccc(C[C@@H](C=O)NC)cc1)OCC. The van der Waals surface area contributed by atoms with Gasteiger partial charge in [-0.1, -0.05) is 65.8 Å². The van der Waals surface area contributed by atoms with Crippen LogP contribution in [0.4, 0.5) is 0 Å². The third-order valence-corrected chi connectivity index (χ3v) is 4.59. The van der Waals surface area contributed by atoms with Crippen molar-refractivity contribution in [1.82, 2.24) is 5.32 Å². The summed E-state index contributed by atoms with van der Waals surface area (Å²) in [6.07, 6.45) is 2.46. The molecule has 0 bridgehead atoms. The quantitative estimate of drug-likeness (QED) is 0.396. The van der Waals surface area contributed by atoms with Crippen molar-refractivity contribution in [3.05, 3.63) is 35.4 Å². The molecule has 0 aromatic heterocycles. The first-order valence-corrected chi connectivity index (χ1v) is 11.3. The molecule has 1 N–H and O–H groups in total. The second-order valence-electron chi connectivity index (χ2n) is 4.38. The Hall–Kier alpha value is -0.800. The summed E-state index contributed by atoms with van der Waals surface area (Å²) in [4.78, 5) is 10.8. The Morgan fingerprint density at radius 3 is 1.69 bits per heavy atom. The van der Waals surface area contributed by atoms with E-state index in [1.54, 1.807) is 7.05 Å².